The largest absolute Gasteiger partial charge is 0.494 e. The van der Waals surface area contributed by atoms with Crippen LogP contribution in [0, 0.1) is 5.82 Å². The lowest BCUT2D eigenvalue weighted by Gasteiger charge is -2.08. The first-order valence-corrected chi connectivity index (χ1v) is 6.26. The molecule has 2 N–H and O–H groups in total. The lowest BCUT2D eigenvalue weighted by molar-refractivity contribution is 0.103. The van der Waals surface area contributed by atoms with Crippen LogP contribution < -0.4 is 10.5 Å². The fourth-order valence-corrected chi connectivity index (χ4v) is 2.11. The van der Waals surface area contributed by atoms with Crippen molar-refractivity contribution in [2.45, 2.75) is 0 Å². The van der Waals surface area contributed by atoms with Crippen LogP contribution in [-0.4, -0.2) is 12.9 Å². The molecular weight excluding hydrogens is 313 g/mol. The van der Waals surface area contributed by atoms with Crippen molar-refractivity contribution in [2.24, 2.45) is 0 Å². The van der Waals surface area contributed by atoms with Crippen molar-refractivity contribution in [1.82, 2.24) is 0 Å². The number of benzene rings is 2. The van der Waals surface area contributed by atoms with Crippen molar-refractivity contribution in [3.63, 3.8) is 0 Å². The van der Waals surface area contributed by atoms with Crippen molar-refractivity contribution >= 4 is 27.4 Å². The summed E-state index contributed by atoms with van der Waals surface area (Å²) >= 11 is 3.25. The van der Waals surface area contributed by atoms with E-state index in [1.165, 1.54) is 19.2 Å². The Hall–Kier alpha value is -1.88. The minimum atomic E-state index is -0.683. The van der Waals surface area contributed by atoms with Gasteiger partial charge in [0.2, 0.25) is 0 Å². The molecule has 0 aliphatic heterocycles. The molecule has 0 heterocycles. The predicted octanol–water partition coefficient (Wildman–Crippen LogP) is 3.41. The van der Waals surface area contributed by atoms with Crippen LogP contribution in [0.2, 0.25) is 0 Å². The maximum atomic E-state index is 14.0. The molecule has 19 heavy (non-hydrogen) atoms. The van der Waals surface area contributed by atoms with Gasteiger partial charge in [-0.2, -0.15) is 0 Å². The number of hydrogen-bond acceptors (Lipinski definition) is 3. The van der Waals surface area contributed by atoms with Crippen LogP contribution in [0.1, 0.15) is 15.9 Å². The Kier molecular flexibility index (Phi) is 3.85. The molecule has 98 valence electrons. The molecule has 0 saturated carbocycles. The maximum Gasteiger partial charge on any atom is 0.198 e. The van der Waals surface area contributed by atoms with Crippen molar-refractivity contribution in [3.8, 4) is 5.75 Å². The summed E-state index contributed by atoms with van der Waals surface area (Å²) in [4.78, 5) is 12.3. The van der Waals surface area contributed by atoms with E-state index in [1.807, 2.05) is 0 Å². The average molecular weight is 324 g/mol. The second-order valence-electron chi connectivity index (χ2n) is 3.88. The van der Waals surface area contributed by atoms with E-state index in [-0.39, 0.29) is 16.9 Å². The van der Waals surface area contributed by atoms with E-state index in [0.717, 1.165) is 4.47 Å². The fraction of sp³-hybridized carbons (Fsp3) is 0.0714. The standard InChI is InChI=1S/C14H11BrFNO2/c1-19-12-4-2-3-10(13(12)16)14(18)9-6-5-8(15)7-11(9)17/h2-7H,17H2,1H3. The molecule has 0 amide bonds. The maximum absolute atomic E-state index is 14.0. The summed E-state index contributed by atoms with van der Waals surface area (Å²) in [6.07, 6.45) is 0. The summed E-state index contributed by atoms with van der Waals surface area (Å²) in [5.41, 5.74) is 6.27. The number of methoxy groups -OCH3 is 1. The number of carbonyl (C=O) groups excluding carboxylic acids is 1. The van der Waals surface area contributed by atoms with Gasteiger partial charge in [-0.1, -0.05) is 22.0 Å². The third kappa shape index (κ3) is 2.61. The Balaban J connectivity index is 2.50. The normalized spacial score (nSPS) is 10.3. The van der Waals surface area contributed by atoms with E-state index in [0.29, 0.717) is 5.69 Å². The number of nitrogens with two attached hydrogens (primary N) is 1. The van der Waals surface area contributed by atoms with Crippen molar-refractivity contribution in [3.05, 3.63) is 57.8 Å². The Morgan fingerprint density at radius 3 is 2.63 bits per heavy atom. The first-order valence-electron chi connectivity index (χ1n) is 5.47. The van der Waals surface area contributed by atoms with Gasteiger partial charge in [0.1, 0.15) is 0 Å². The lowest BCUT2D eigenvalue weighted by Crippen LogP contribution is -2.08. The number of rotatable bonds is 3. The van der Waals surface area contributed by atoms with Crippen LogP contribution in [0.25, 0.3) is 0 Å². The van der Waals surface area contributed by atoms with E-state index in [2.05, 4.69) is 15.9 Å². The van der Waals surface area contributed by atoms with Crippen LogP contribution in [0.3, 0.4) is 0 Å². The van der Waals surface area contributed by atoms with E-state index in [9.17, 15) is 9.18 Å². The number of ketones is 1. The Bertz CT molecular complexity index is 643. The van der Waals surface area contributed by atoms with Gasteiger partial charge in [0, 0.05) is 15.7 Å². The van der Waals surface area contributed by atoms with Gasteiger partial charge < -0.3 is 10.5 Å². The second kappa shape index (κ2) is 5.40. The summed E-state index contributed by atoms with van der Waals surface area (Å²) in [5, 5.41) is 0. The highest BCUT2D eigenvalue weighted by Gasteiger charge is 2.19. The Morgan fingerprint density at radius 1 is 1.26 bits per heavy atom. The summed E-state index contributed by atoms with van der Waals surface area (Å²) < 4.78 is 19.6. The first-order chi connectivity index (χ1) is 9.04. The molecule has 5 heteroatoms. The van der Waals surface area contributed by atoms with Crippen LogP contribution in [-0.2, 0) is 0 Å². The third-order valence-electron chi connectivity index (χ3n) is 2.69. The van der Waals surface area contributed by atoms with Gasteiger partial charge in [0.15, 0.2) is 17.3 Å². The Morgan fingerprint density at radius 2 is 2.00 bits per heavy atom. The molecule has 0 radical (unpaired) electrons. The molecule has 2 aromatic carbocycles. The van der Waals surface area contributed by atoms with E-state index < -0.39 is 11.6 Å². The molecule has 2 rings (SSSR count). The topological polar surface area (TPSA) is 52.3 Å². The van der Waals surface area contributed by atoms with Crippen molar-refractivity contribution in [1.29, 1.82) is 0 Å². The summed E-state index contributed by atoms with van der Waals surface area (Å²) in [5.74, 6) is -1.12. The summed E-state index contributed by atoms with van der Waals surface area (Å²) in [6.45, 7) is 0. The summed E-state index contributed by atoms with van der Waals surface area (Å²) in [6, 6.07) is 9.26. The highest BCUT2D eigenvalue weighted by molar-refractivity contribution is 9.10. The molecule has 0 fully saturated rings. The Labute approximate surface area is 118 Å². The molecule has 0 aromatic heterocycles. The molecule has 0 unspecified atom stereocenters. The molecule has 3 nitrogen and oxygen atoms in total. The monoisotopic (exact) mass is 323 g/mol. The molecule has 0 aliphatic carbocycles. The smallest absolute Gasteiger partial charge is 0.198 e. The van der Waals surface area contributed by atoms with E-state index in [1.54, 1.807) is 24.3 Å². The molecule has 0 atom stereocenters. The molecule has 0 bridgehead atoms. The number of carbonyl (C=O) groups is 1. The number of hydrogen-bond donors (Lipinski definition) is 1. The summed E-state index contributed by atoms with van der Waals surface area (Å²) in [7, 11) is 1.35. The minimum absolute atomic E-state index is 0.0292. The van der Waals surface area contributed by atoms with E-state index >= 15 is 0 Å². The quantitative estimate of drug-likeness (QED) is 0.695. The average Bonchev–Trinajstić information content (AvgIpc) is 2.38. The SMILES string of the molecule is COc1cccc(C(=O)c2ccc(Br)cc2N)c1F. The second-order valence-corrected chi connectivity index (χ2v) is 4.80. The lowest BCUT2D eigenvalue weighted by atomic mass is 10.0. The molecular formula is C14H11BrFNO2. The van der Waals surface area contributed by atoms with Gasteiger partial charge in [-0.3, -0.25) is 4.79 Å². The molecule has 2 aromatic rings. The zero-order chi connectivity index (χ0) is 14.0. The van der Waals surface area contributed by atoms with Gasteiger partial charge in [-0.15, -0.1) is 0 Å². The number of ether oxygens (including phenoxy) is 1. The zero-order valence-corrected chi connectivity index (χ0v) is 11.7. The van der Waals surface area contributed by atoms with Crippen molar-refractivity contribution in [2.75, 3.05) is 12.8 Å². The highest BCUT2D eigenvalue weighted by atomic mass is 79.9. The fourth-order valence-electron chi connectivity index (χ4n) is 1.73. The van der Waals surface area contributed by atoms with E-state index in [4.69, 9.17) is 10.5 Å². The number of nitrogen functional groups attached to an aromatic ring is 1. The van der Waals surface area contributed by atoms with Crippen LogP contribution in [0.15, 0.2) is 40.9 Å². The predicted molar refractivity (Wildman–Crippen MR) is 74.9 cm³/mol. The van der Waals surface area contributed by atoms with Gasteiger partial charge >= 0.3 is 0 Å². The third-order valence-corrected chi connectivity index (χ3v) is 3.18. The minimum Gasteiger partial charge on any atom is -0.494 e. The molecule has 0 aliphatic rings. The van der Waals surface area contributed by atoms with Crippen LogP contribution in [0.4, 0.5) is 10.1 Å². The van der Waals surface area contributed by atoms with Gasteiger partial charge in [-0.25, -0.2) is 4.39 Å². The zero-order valence-electron chi connectivity index (χ0n) is 10.1. The van der Waals surface area contributed by atoms with Gasteiger partial charge in [0.25, 0.3) is 0 Å². The van der Waals surface area contributed by atoms with Crippen LogP contribution >= 0.6 is 15.9 Å². The number of halogens is 2. The first kappa shape index (κ1) is 13.5. The van der Waals surface area contributed by atoms with Crippen molar-refractivity contribution < 1.29 is 13.9 Å². The van der Waals surface area contributed by atoms with Gasteiger partial charge in [-0.05, 0) is 30.3 Å². The van der Waals surface area contributed by atoms with Gasteiger partial charge in [0.05, 0.1) is 12.7 Å². The highest BCUT2D eigenvalue weighted by Crippen LogP contribution is 2.25. The van der Waals surface area contributed by atoms with Crippen LogP contribution in [0.5, 0.6) is 5.75 Å². The molecule has 0 spiro atoms. The molecule has 0 saturated heterocycles. The number of anilines is 1.